The lowest BCUT2D eigenvalue weighted by Crippen LogP contribution is -2.08. The standard InChI is InChI=1S/C17H18N4O2S/c1-24(22,23)16-6-3-7-19-17(16)20-11-14-4-2-5-15(10-14)12-21-9-8-18-13-21/h2-10,13H,11-12H2,1H3,(H,19,20). The maximum atomic E-state index is 11.8. The van der Waals surface area contributed by atoms with Crippen LogP contribution in [0.1, 0.15) is 11.1 Å². The molecule has 0 unspecified atom stereocenters. The molecule has 124 valence electrons. The van der Waals surface area contributed by atoms with E-state index < -0.39 is 9.84 Å². The van der Waals surface area contributed by atoms with Gasteiger partial charge < -0.3 is 9.88 Å². The Kier molecular flexibility index (Phi) is 4.61. The summed E-state index contributed by atoms with van der Waals surface area (Å²) < 4.78 is 25.6. The van der Waals surface area contributed by atoms with E-state index in [4.69, 9.17) is 0 Å². The fourth-order valence-electron chi connectivity index (χ4n) is 2.44. The van der Waals surface area contributed by atoms with E-state index in [1.807, 2.05) is 29.0 Å². The minimum absolute atomic E-state index is 0.208. The van der Waals surface area contributed by atoms with Gasteiger partial charge in [-0.3, -0.25) is 0 Å². The number of benzene rings is 1. The SMILES string of the molecule is CS(=O)(=O)c1cccnc1NCc1cccc(Cn2ccnc2)c1. The maximum Gasteiger partial charge on any atom is 0.179 e. The average molecular weight is 342 g/mol. The smallest absolute Gasteiger partial charge is 0.179 e. The molecule has 0 aliphatic rings. The summed E-state index contributed by atoms with van der Waals surface area (Å²) in [6, 6.07) is 11.3. The Hall–Kier alpha value is -2.67. The van der Waals surface area contributed by atoms with Gasteiger partial charge in [0.05, 0.1) is 6.33 Å². The number of sulfone groups is 1. The van der Waals surface area contributed by atoms with Gasteiger partial charge in [-0.15, -0.1) is 0 Å². The molecule has 0 radical (unpaired) electrons. The zero-order valence-corrected chi connectivity index (χ0v) is 14.1. The van der Waals surface area contributed by atoms with E-state index in [9.17, 15) is 8.42 Å². The van der Waals surface area contributed by atoms with E-state index >= 15 is 0 Å². The molecular weight excluding hydrogens is 324 g/mol. The fourth-order valence-corrected chi connectivity index (χ4v) is 3.24. The van der Waals surface area contributed by atoms with Crippen molar-refractivity contribution in [3.05, 3.63) is 72.4 Å². The van der Waals surface area contributed by atoms with Gasteiger partial charge in [0.25, 0.3) is 0 Å². The average Bonchev–Trinajstić information content (AvgIpc) is 3.06. The Labute approximate surface area is 141 Å². The van der Waals surface area contributed by atoms with E-state index in [2.05, 4.69) is 21.4 Å². The number of aromatic nitrogens is 3. The molecule has 3 rings (SSSR count). The van der Waals surface area contributed by atoms with E-state index in [0.29, 0.717) is 12.4 Å². The van der Waals surface area contributed by atoms with Crippen molar-refractivity contribution < 1.29 is 8.42 Å². The molecule has 2 heterocycles. The van der Waals surface area contributed by atoms with Crippen molar-refractivity contribution in [3.63, 3.8) is 0 Å². The summed E-state index contributed by atoms with van der Waals surface area (Å²) in [4.78, 5) is 8.38. The van der Waals surface area contributed by atoms with Crippen molar-refractivity contribution in [2.45, 2.75) is 18.0 Å². The molecule has 7 heteroatoms. The van der Waals surface area contributed by atoms with Crippen LogP contribution >= 0.6 is 0 Å². The van der Waals surface area contributed by atoms with Gasteiger partial charge in [0.2, 0.25) is 0 Å². The molecule has 0 aliphatic heterocycles. The summed E-state index contributed by atoms with van der Waals surface area (Å²) in [5.74, 6) is 0.375. The Morgan fingerprint density at radius 1 is 1.12 bits per heavy atom. The van der Waals surface area contributed by atoms with E-state index in [1.165, 1.54) is 6.26 Å². The molecule has 24 heavy (non-hydrogen) atoms. The highest BCUT2D eigenvalue weighted by molar-refractivity contribution is 7.90. The van der Waals surface area contributed by atoms with Gasteiger partial charge in [-0.25, -0.2) is 18.4 Å². The van der Waals surface area contributed by atoms with Gasteiger partial charge >= 0.3 is 0 Å². The number of rotatable bonds is 6. The quantitative estimate of drug-likeness (QED) is 0.744. The number of hydrogen-bond acceptors (Lipinski definition) is 5. The van der Waals surface area contributed by atoms with Crippen LogP contribution in [0.4, 0.5) is 5.82 Å². The second-order valence-electron chi connectivity index (χ2n) is 5.53. The van der Waals surface area contributed by atoms with Crippen LogP contribution in [0.25, 0.3) is 0 Å². The number of nitrogens with zero attached hydrogens (tertiary/aromatic N) is 3. The molecule has 0 atom stereocenters. The molecule has 0 amide bonds. The zero-order valence-electron chi connectivity index (χ0n) is 13.3. The first-order valence-corrected chi connectivity index (χ1v) is 9.34. The predicted molar refractivity (Wildman–Crippen MR) is 92.4 cm³/mol. The minimum Gasteiger partial charge on any atom is -0.365 e. The van der Waals surface area contributed by atoms with Crippen LogP contribution in [0.2, 0.25) is 0 Å². The third-order valence-electron chi connectivity index (χ3n) is 3.55. The molecule has 0 aliphatic carbocycles. The van der Waals surface area contributed by atoms with Crippen LogP contribution in [0.15, 0.2) is 66.2 Å². The van der Waals surface area contributed by atoms with E-state index in [1.54, 1.807) is 30.9 Å². The lowest BCUT2D eigenvalue weighted by atomic mass is 10.1. The van der Waals surface area contributed by atoms with Gasteiger partial charge in [0.1, 0.15) is 10.7 Å². The largest absolute Gasteiger partial charge is 0.365 e. The molecule has 1 aromatic carbocycles. The third kappa shape index (κ3) is 3.99. The van der Waals surface area contributed by atoms with Crippen LogP contribution in [0.3, 0.4) is 0 Å². The lowest BCUT2D eigenvalue weighted by Gasteiger charge is -2.11. The molecule has 2 aromatic heterocycles. The minimum atomic E-state index is -3.32. The van der Waals surface area contributed by atoms with Crippen molar-refractivity contribution >= 4 is 15.7 Å². The first-order chi connectivity index (χ1) is 11.5. The topological polar surface area (TPSA) is 76.9 Å². The highest BCUT2D eigenvalue weighted by Gasteiger charge is 2.13. The second-order valence-corrected chi connectivity index (χ2v) is 7.51. The van der Waals surface area contributed by atoms with Gasteiger partial charge in [-0.2, -0.15) is 0 Å². The lowest BCUT2D eigenvalue weighted by molar-refractivity contribution is 0.601. The summed E-state index contributed by atoms with van der Waals surface area (Å²) in [7, 11) is -3.32. The molecule has 0 spiro atoms. The first kappa shape index (κ1) is 16.2. The summed E-state index contributed by atoms with van der Waals surface area (Å²) in [6.07, 6.45) is 8.20. The molecule has 3 aromatic rings. The molecule has 6 nitrogen and oxygen atoms in total. The van der Waals surface area contributed by atoms with Crippen LogP contribution in [-0.2, 0) is 22.9 Å². The molecular formula is C17H18N4O2S. The van der Waals surface area contributed by atoms with Crippen LogP contribution in [-0.4, -0.2) is 29.2 Å². The summed E-state index contributed by atoms with van der Waals surface area (Å²) in [5.41, 5.74) is 2.20. The van der Waals surface area contributed by atoms with Crippen molar-refractivity contribution in [1.29, 1.82) is 0 Å². The van der Waals surface area contributed by atoms with Crippen LogP contribution in [0, 0.1) is 0 Å². The molecule has 0 saturated heterocycles. The van der Waals surface area contributed by atoms with Gasteiger partial charge in [-0.1, -0.05) is 24.3 Å². The van der Waals surface area contributed by atoms with Gasteiger partial charge in [0, 0.05) is 37.9 Å². The van der Waals surface area contributed by atoms with E-state index in [-0.39, 0.29) is 4.90 Å². The second kappa shape index (κ2) is 6.84. The van der Waals surface area contributed by atoms with Gasteiger partial charge in [-0.05, 0) is 23.3 Å². The first-order valence-electron chi connectivity index (χ1n) is 7.45. The number of imidazole rings is 1. The van der Waals surface area contributed by atoms with Crippen molar-refractivity contribution in [3.8, 4) is 0 Å². The zero-order chi connectivity index (χ0) is 17.0. The van der Waals surface area contributed by atoms with Crippen LogP contribution in [0.5, 0.6) is 0 Å². The predicted octanol–water partition coefficient (Wildman–Crippen LogP) is 2.34. The van der Waals surface area contributed by atoms with Crippen molar-refractivity contribution in [2.24, 2.45) is 0 Å². The summed E-state index contributed by atoms with van der Waals surface area (Å²) in [6.45, 7) is 1.24. The highest BCUT2D eigenvalue weighted by atomic mass is 32.2. The Morgan fingerprint density at radius 3 is 2.71 bits per heavy atom. The normalized spacial score (nSPS) is 11.4. The number of hydrogen-bond donors (Lipinski definition) is 1. The Bertz CT molecular complexity index is 921. The highest BCUT2D eigenvalue weighted by Crippen LogP contribution is 2.18. The van der Waals surface area contributed by atoms with Crippen LogP contribution < -0.4 is 5.32 Å². The fraction of sp³-hybridized carbons (Fsp3) is 0.176. The molecule has 0 saturated carbocycles. The summed E-state index contributed by atoms with van der Waals surface area (Å²) in [5, 5.41) is 3.11. The summed E-state index contributed by atoms with van der Waals surface area (Å²) >= 11 is 0. The Balaban J connectivity index is 1.74. The van der Waals surface area contributed by atoms with Crippen molar-refractivity contribution in [1.82, 2.24) is 14.5 Å². The Morgan fingerprint density at radius 2 is 1.96 bits per heavy atom. The monoisotopic (exact) mass is 342 g/mol. The number of nitrogens with one attached hydrogen (secondary N) is 1. The van der Waals surface area contributed by atoms with Gasteiger partial charge in [0.15, 0.2) is 9.84 Å². The molecule has 0 fully saturated rings. The third-order valence-corrected chi connectivity index (χ3v) is 4.67. The van der Waals surface area contributed by atoms with Crippen molar-refractivity contribution in [2.75, 3.05) is 11.6 Å². The number of anilines is 1. The molecule has 0 bridgehead atoms. The van der Waals surface area contributed by atoms with E-state index in [0.717, 1.165) is 17.7 Å². The number of pyridine rings is 1. The maximum absolute atomic E-state index is 11.8. The molecule has 1 N–H and O–H groups in total.